The van der Waals surface area contributed by atoms with Crippen molar-refractivity contribution in [1.29, 1.82) is 0 Å². The number of hydrogen-bond acceptors (Lipinski definition) is 1. The van der Waals surface area contributed by atoms with Crippen LogP contribution in [-0.4, -0.2) is 9.79 Å². The van der Waals surface area contributed by atoms with E-state index in [2.05, 4.69) is 13.2 Å². The van der Waals surface area contributed by atoms with Crippen LogP contribution in [0, 0.1) is 0 Å². The first-order valence-corrected chi connectivity index (χ1v) is 2.90. The van der Waals surface area contributed by atoms with Crippen molar-refractivity contribution in [1.82, 2.24) is 0 Å². The minimum Gasteiger partial charge on any atom is -0.134 e. The van der Waals surface area contributed by atoms with Crippen LogP contribution in [0.3, 0.4) is 0 Å². The third kappa shape index (κ3) is 446. The van der Waals surface area contributed by atoms with E-state index in [0.717, 1.165) is 0 Å². The fourth-order valence-electron chi connectivity index (χ4n) is 0. The minimum absolute atomic E-state index is 1.64. The second-order valence-electron chi connectivity index (χ2n) is 0.724. The van der Waals surface area contributed by atoms with Crippen LogP contribution in [0.4, 0.5) is 0 Å². The van der Waals surface area contributed by atoms with Crippen LogP contribution >= 0.6 is 8.25 Å². The maximum atomic E-state index is 8.70. The highest BCUT2D eigenvalue weighted by molar-refractivity contribution is 7.30. The van der Waals surface area contributed by atoms with Crippen molar-refractivity contribution in [2.45, 2.75) is 0 Å². The van der Waals surface area contributed by atoms with E-state index in [9.17, 15) is 0 Å². The van der Waals surface area contributed by atoms with Gasteiger partial charge in [0.25, 0.3) is 0 Å². The first-order valence-electron chi connectivity index (χ1n) is 1.73. The summed E-state index contributed by atoms with van der Waals surface area (Å²) in [5, 5.41) is 0. The highest BCUT2D eigenvalue weighted by Gasteiger charge is 1.93. The lowest BCUT2D eigenvalue weighted by Gasteiger charge is -1.44. The molecule has 2 N–H and O–H groups in total. The predicted molar refractivity (Wildman–Crippen MR) is 32.4 cm³/mol. The van der Waals surface area contributed by atoms with Crippen molar-refractivity contribution in [2.75, 3.05) is 0 Å². The maximum absolute atomic E-state index is 8.70. The van der Waals surface area contributed by atoms with E-state index in [1.54, 1.807) is 12.2 Å². The SMILES string of the molecule is C=CC=C.O=[P+](O)O. The summed E-state index contributed by atoms with van der Waals surface area (Å²) in [6.45, 7) is 6.72. The highest BCUT2D eigenvalue weighted by Crippen LogP contribution is 1.98. The third-order valence-corrected chi connectivity index (χ3v) is 0.167. The van der Waals surface area contributed by atoms with Gasteiger partial charge in [-0.3, -0.25) is 0 Å². The van der Waals surface area contributed by atoms with Gasteiger partial charge >= 0.3 is 8.25 Å². The third-order valence-electron chi connectivity index (χ3n) is 0.167. The standard InChI is InChI=1S/C4H6.HO3P/c1-3-4-2;1-4(2)3/h3-4H,1-2H2;(H-,1,2,3)/p+1. The summed E-state index contributed by atoms with van der Waals surface area (Å²) < 4.78 is 8.70. The second-order valence-corrected chi connectivity index (χ2v) is 1.23. The van der Waals surface area contributed by atoms with Crippen molar-refractivity contribution in [3.05, 3.63) is 25.3 Å². The first-order chi connectivity index (χ1) is 3.65. The average molecular weight is 135 g/mol. The van der Waals surface area contributed by atoms with Gasteiger partial charge in [-0.05, 0) is 0 Å². The lowest BCUT2D eigenvalue weighted by atomic mass is 10.6. The molecule has 0 saturated heterocycles. The van der Waals surface area contributed by atoms with Gasteiger partial charge < -0.3 is 0 Å². The van der Waals surface area contributed by atoms with Crippen molar-refractivity contribution < 1.29 is 14.4 Å². The molecule has 0 spiro atoms. The molecule has 0 radical (unpaired) electrons. The maximum Gasteiger partial charge on any atom is 0.692 e. The summed E-state index contributed by atoms with van der Waals surface area (Å²) in [5.74, 6) is 0. The fourth-order valence-corrected chi connectivity index (χ4v) is 0. The van der Waals surface area contributed by atoms with Crippen LogP contribution in [0.15, 0.2) is 25.3 Å². The predicted octanol–water partition coefficient (Wildman–Crippen LogP) is 0.987. The van der Waals surface area contributed by atoms with Crippen LogP contribution in [-0.2, 0) is 4.57 Å². The van der Waals surface area contributed by atoms with Crippen molar-refractivity contribution in [2.24, 2.45) is 0 Å². The van der Waals surface area contributed by atoms with Gasteiger partial charge in [0.05, 0.1) is 0 Å². The largest absolute Gasteiger partial charge is 0.692 e. The van der Waals surface area contributed by atoms with E-state index in [-0.39, 0.29) is 0 Å². The fraction of sp³-hybridized carbons (Fsp3) is 0. The minimum atomic E-state index is -2.87. The monoisotopic (exact) mass is 135 g/mol. The van der Waals surface area contributed by atoms with Crippen molar-refractivity contribution >= 4 is 8.25 Å². The Morgan fingerprint density at radius 2 is 1.38 bits per heavy atom. The van der Waals surface area contributed by atoms with Gasteiger partial charge in [0.15, 0.2) is 0 Å². The molecule has 0 bridgehead atoms. The number of hydrogen-bond donors (Lipinski definition) is 2. The summed E-state index contributed by atoms with van der Waals surface area (Å²) in [7, 11) is -2.87. The Bertz CT molecular complexity index is 79.3. The Balaban J connectivity index is 0. The van der Waals surface area contributed by atoms with Gasteiger partial charge in [0, 0.05) is 4.57 Å². The zero-order valence-corrected chi connectivity index (χ0v) is 5.21. The molecule has 3 nitrogen and oxygen atoms in total. The van der Waals surface area contributed by atoms with E-state index < -0.39 is 8.25 Å². The van der Waals surface area contributed by atoms with E-state index in [4.69, 9.17) is 14.4 Å². The summed E-state index contributed by atoms with van der Waals surface area (Å²) in [6.07, 6.45) is 3.28. The molecule has 0 aliphatic carbocycles. The quantitative estimate of drug-likeness (QED) is 0.416. The molecule has 0 amide bonds. The van der Waals surface area contributed by atoms with Crippen LogP contribution in [0.2, 0.25) is 0 Å². The molecule has 0 aromatic rings. The molecule has 0 aromatic carbocycles. The Morgan fingerprint density at radius 1 is 1.25 bits per heavy atom. The summed E-state index contributed by atoms with van der Waals surface area (Å²) >= 11 is 0. The van der Waals surface area contributed by atoms with E-state index >= 15 is 0 Å². The van der Waals surface area contributed by atoms with Gasteiger partial charge in [0.1, 0.15) is 0 Å². The zero-order valence-electron chi connectivity index (χ0n) is 4.32. The van der Waals surface area contributed by atoms with Gasteiger partial charge in [-0.1, -0.05) is 25.3 Å². The molecular weight excluding hydrogens is 127 g/mol. The Morgan fingerprint density at radius 3 is 1.38 bits per heavy atom. The molecule has 0 saturated carbocycles. The van der Waals surface area contributed by atoms with E-state index in [0.29, 0.717) is 0 Å². The molecule has 0 heterocycles. The Hall–Kier alpha value is -0.500. The molecule has 0 atom stereocenters. The topological polar surface area (TPSA) is 57.5 Å². The van der Waals surface area contributed by atoms with Crippen LogP contribution in [0.25, 0.3) is 0 Å². The van der Waals surface area contributed by atoms with Crippen LogP contribution in [0.5, 0.6) is 0 Å². The average Bonchev–Trinajstić information content (AvgIpc) is 1.65. The van der Waals surface area contributed by atoms with Gasteiger partial charge in [0.2, 0.25) is 0 Å². The first kappa shape index (κ1) is 10.5. The molecule has 8 heavy (non-hydrogen) atoms. The lowest BCUT2D eigenvalue weighted by Crippen LogP contribution is -1.38. The molecule has 0 fully saturated rings. The van der Waals surface area contributed by atoms with Crippen LogP contribution in [0.1, 0.15) is 0 Å². The summed E-state index contributed by atoms with van der Waals surface area (Å²) in [4.78, 5) is 14.2. The summed E-state index contributed by atoms with van der Waals surface area (Å²) in [6, 6.07) is 0. The smallest absolute Gasteiger partial charge is 0.134 e. The zero-order chi connectivity index (χ0) is 6.99. The Labute approximate surface area is 48.9 Å². The molecule has 0 aliphatic rings. The molecule has 0 unspecified atom stereocenters. The molecule has 4 heteroatoms. The molecule has 0 aromatic heterocycles. The van der Waals surface area contributed by atoms with Crippen molar-refractivity contribution in [3.8, 4) is 0 Å². The van der Waals surface area contributed by atoms with Gasteiger partial charge in [-0.2, -0.15) is 0 Å². The number of allylic oxidation sites excluding steroid dienone is 2. The normalized spacial score (nSPS) is 5.75. The second kappa shape index (κ2) is 9.71. The lowest BCUT2D eigenvalue weighted by molar-refractivity contribution is 0.405. The van der Waals surface area contributed by atoms with E-state index in [1.165, 1.54) is 0 Å². The van der Waals surface area contributed by atoms with Gasteiger partial charge in [-0.25, -0.2) is 0 Å². The van der Waals surface area contributed by atoms with Crippen molar-refractivity contribution in [3.63, 3.8) is 0 Å². The Kier molecular flexibility index (Phi) is 12.7. The van der Waals surface area contributed by atoms with Gasteiger partial charge in [-0.15, -0.1) is 9.79 Å². The molecular formula is C4H8O3P+. The highest BCUT2D eigenvalue weighted by atomic mass is 31.1. The number of rotatable bonds is 1. The molecule has 46 valence electrons. The van der Waals surface area contributed by atoms with Crippen LogP contribution < -0.4 is 0 Å². The molecule has 0 aliphatic heterocycles. The molecule has 0 rings (SSSR count). The van der Waals surface area contributed by atoms with E-state index in [1.807, 2.05) is 0 Å². The summed E-state index contributed by atoms with van der Waals surface area (Å²) in [5.41, 5.74) is 0.